The van der Waals surface area contributed by atoms with Gasteiger partial charge in [0.05, 0.1) is 5.75 Å². The first kappa shape index (κ1) is 16.8. The maximum Gasteiger partial charge on any atom is 0.148 e. The monoisotopic (exact) mass is 339 g/mol. The summed E-state index contributed by atoms with van der Waals surface area (Å²) in [5.74, 6) is 1.47. The summed E-state index contributed by atoms with van der Waals surface area (Å²) in [6.07, 6.45) is 1.22. The quantitative estimate of drug-likeness (QED) is 0.787. The maximum atomic E-state index is 11.1. The molecule has 6 heteroatoms. The van der Waals surface area contributed by atoms with Crippen LogP contribution in [0.1, 0.15) is 5.56 Å². The topological polar surface area (TPSA) is 55.4 Å². The summed E-state index contributed by atoms with van der Waals surface area (Å²) < 4.78 is 28.1. The van der Waals surface area contributed by atoms with Crippen molar-refractivity contribution in [3.63, 3.8) is 0 Å². The van der Waals surface area contributed by atoms with E-state index >= 15 is 0 Å². The summed E-state index contributed by atoms with van der Waals surface area (Å²) in [5.41, 5.74) is 0.807. The highest BCUT2D eigenvalue weighted by molar-refractivity contribution is 7.90. The average Bonchev–Trinajstić information content (AvgIpc) is 2.46. The van der Waals surface area contributed by atoms with E-state index in [1.807, 2.05) is 42.5 Å². The Labute approximate surface area is 136 Å². The van der Waals surface area contributed by atoms with Gasteiger partial charge in [-0.05, 0) is 24.3 Å². The number of rotatable bonds is 7. The number of ether oxygens (including phenoxy) is 1. The first-order chi connectivity index (χ1) is 10.5. The van der Waals surface area contributed by atoms with Crippen LogP contribution in [0.2, 0.25) is 5.02 Å². The Morgan fingerprint density at radius 3 is 2.50 bits per heavy atom. The van der Waals surface area contributed by atoms with Crippen molar-refractivity contribution in [2.75, 3.05) is 18.6 Å². The fourth-order valence-corrected chi connectivity index (χ4v) is 2.64. The van der Waals surface area contributed by atoms with Gasteiger partial charge in [0.15, 0.2) is 0 Å². The van der Waals surface area contributed by atoms with Crippen LogP contribution in [0, 0.1) is 0 Å². The van der Waals surface area contributed by atoms with E-state index in [4.69, 9.17) is 16.3 Å². The van der Waals surface area contributed by atoms with Gasteiger partial charge in [-0.15, -0.1) is 0 Å². The third kappa shape index (κ3) is 5.33. The zero-order valence-electron chi connectivity index (χ0n) is 12.3. The minimum absolute atomic E-state index is 0.0896. The molecular formula is C16H18ClNO3S. The average molecular weight is 340 g/mol. The van der Waals surface area contributed by atoms with Crippen molar-refractivity contribution in [1.29, 1.82) is 0 Å². The summed E-state index contributed by atoms with van der Waals surface area (Å²) in [4.78, 5) is 0. The molecule has 0 unspecified atom stereocenters. The van der Waals surface area contributed by atoms with E-state index in [-0.39, 0.29) is 5.75 Å². The molecule has 0 saturated carbocycles. The number of benzene rings is 2. The number of hydrogen-bond donors (Lipinski definition) is 1. The molecule has 0 atom stereocenters. The molecule has 0 amide bonds. The van der Waals surface area contributed by atoms with Crippen LogP contribution in [0.5, 0.6) is 11.5 Å². The molecule has 0 aliphatic rings. The van der Waals surface area contributed by atoms with Gasteiger partial charge in [-0.25, -0.2) is 8.42 Å². The lowest BCUT2D eigenvalue weighted by molar-refractivity contribution is 0.473. The van der Waals surface area contributed by atoms with Gasteiger partial charge in [0, 0.05) is 29.9 Å². The van der Waals surface area contributed by atoms with Crippen molar-refractivity contribution in [2.45, 2.75) is 6.54 Å². The normalized spacial score (nSPS) is 11.4. The molecule has 0 radical (unpaired) electrons. The van der Waals surface area contributed by atoms with E-state index in [0.29, 0.717) is 23.9 Å². The van der Waals surface area contributed by atoms with E-state index in [9.17, 15) is 8.42 Å². The Morgan fingerprint density at radius 2 is 1.82 bits per heavy atom. The Hall–Kier alpha value is -1.56. The number of para-hydroxylation sites is 1. The van der Waals surface area contributed by atoms with Gasteiger partial charge < -0.3 is 10.1 Å². The molecule has 0 bridgehead atoms. The highest BCUT2D eigenvalue weighted by Gasteiger charge is 2.09. The Bertz CT molecular complexity index is 717. The van der Waals surface area contributed by atoms with Crippen molar-refractivity contribution in [2.24, 2.45) is 0 Å². The van der Waals surface area contributed by atoms with Gasteiger partial charge in [-0.3, -0.25) is 0 Å². The van der Waals surface area contributed by atoms with Crippen LogP contribution in [0.25, 0.3) is 0 Å². The first-order valence-corrected chi connectivity index (χ1v) is 9.28. The van der Waals surface area contributed by atoms with Gasteiger partial charge in [0.1, 0.15) is 21.3 Å². The maximum absolute atomic E-state index is 11.1. The van der Waals surface area contributed by atoms with Crippen molar-refractivity contribution < 1.29 is 13.2 Å². The van der Waals surface area contributed by atoms with Crippen LogP contribution in [0.15, 0.2) is 48.5 Å². The van der Waals surface area contributed by atoms with E-state index in [1.54, 1.807) is 6.07 Å². The SMILES string of the molecule is CS(=O)(=O)CCNCc1c(Cl)cccc1Oc1ccccc1. The van der Waals surface area contributed by atoms with Crippen molar-refractivity contribution in [1.82, 2.24) is 5.32 Å². The smallest absolute Gasteiger partial charge is 0.148 e. The molecule has 0 saturated heterocycles. The molecule has 2 aromatic rings. The number of sulfone groups is 1. The van der Waals surface area contributed by atoms with Crippen LogP contribution in [-0.2, 0) is 16.4 Å². The molecule has 118 valence electrons. The lowest BCUT2D eigenvalue weighted by Gasteiger charge is -2.13. The third-order valence-electron chi connectivity index (χ3n) is 3.00. The molecule has 2 rings (SSSR count). The molecule has 22 heavy (non-hydrogen) atoms. The van der Waals surface area contributed by atoms with Crippen LogP contribution >= 0.6 is 11.6 Å². The van der Waals surface area contributed by atoms with E-state index < -0.39 is 9.84 Å². The zero-order valence-corrected chi connectivity index (χ0v) is 13.8. The number of hydrogen-bond acceptors (Lipinski definition) is 4. The number of halogens is 1. The van der Waals surface area contributed by atoms with Crippen LogP contribution in [0.3, 0.4) is 0 Å². The molecule has 0 fully saturated rings. The molecule has 0 aliphatic heterocycles. The van der Waals surface area contributed by atoms with Gasteiger partial charge in [0.25, 0.3) is 0 Å². The van der Waals surface area contributed by atoms with E-state index in [1.165, 1.54) is 6.26 Å². The van der Waals surface area contributed by atoms with Crippen molar-refractivity contribution >= 4 is 21.4 Å². The number of nitrogens with one attached hydrogen (secondary N) is 1. The molecule has 0 aromatic heterocycles. The second-order valence-corrected chi connectivity index (χ2v) is 7.61. The second-order valence-electron chi connectivity index (χ2n) is 4.94. The van der Waals surface area contributed by atoms with Crippen LogP contribution in [-0.4, -0.2) is 27.0 Å². The molecule has 0 aliphatic carbocycles. The van der Waals surface area contributed by atoms with E-state index in [2.05, 4.69) is 5.32 Å². The summed E-state index contributed by atoms with van der Waals surface area (Å²) in [6.45, 7) is 0.812. The van der Waals surface area contributed by atoms with Crippen LogP contribution in [0.4, 0.5) is 0 Å². The van der Waals surface area contributed by atoms with Gasteiger partial charge in [0.2, 0.25) is 0 Å². The summed E-state index contributed by atoms with van der Waals surface area (Å²) >= 11 is 6.23. The fraction of sp³-hybridized carbons (Fsp3) is 0.250. The Morgan fingerprint density at radius 1 is 1.09 bits per heavy atom. The van der Waals surface area contributed by atoms with Gasteiger partial charge in [-0.2, -0.15) is 0 Å². The standard InChI is InChI=1S/C16H18ClNO3S/c1-22(19,20)11-10-18-12-14-15(17)8-5-9-16(14)21-13-6-3-2-4-7-13/h2-9,18H,10-12H2,1H3. The largest absolute Gasteiger partial charge is 0.457 e. The fourth-order valence-electron chi connectivity index (χ4n) is 1.89. The van der Waals surface area contributed by atoms with Gasteiger partial charge in [-0.1, -0.05) is 35.9 Å². The first-order valence-electron chi connectivity index (χ1n) is 6.84. The molecule has 0 heterocycles. The van der Waals surface area contributed by atoms with Crippen molar-refractivity contribution in [3.8, 4) is 11.5 Å². The Kier molecular flexibility index (Phi) is 5.83. The van der Waals surface area contributed by atoms with E-state index in [0.717, 1.165) is 11.3 Å². The molecule has 1 N–H and O–H groups in total. The molecule has 0 spiro atoms. The zero-order chi connectivity index (χ0) is 16.0. The minimum atomic E-state index is -2.97. The lowest BCUT2D eigenvalue weighted by atomic mass is 10.2. The summed E-state index contributed by atoms with van der Waals surface area (Å²) in [7, 11) is -2.97. The second kappa shape index (κ2) is 7.63. The minimum Gasteiger partial charge on any atom is -0.457 e. The highest BCUT2D eigenvalue weighted by Crippen LogP contribution is 2.30. The van der Waals surface area contributed by atoms with Crippen LogP contribution < -0.4 is 10.1 Å². The summed E-state index contributed by atoms with van der Waals surface area (Å²) in [5, 5.41) is 3.67. The lowest BCUT2D eigenvalue weighted by Crippen LogP contribution is -2.22. The summed E-state index contributed by atoms with van der Waals surface area (Å²) in [6, 6.07) is 14.9. The molecule has 2 aromatic carbocycles. The predicted molar refractivity (Wildman–Crippen MR) is 89.4 cm³/mol. The third-order valence-corrected chi connectivity index (χ3v) is 4.30. The Balaban J connectivity index is 2.06. The van der Waals surface area contributed by atoms with Crippen molar-refractivity contribution in [3.05, 3.63) is 59.1 Å². The van der Waals surface area contributed by atoms with Gasteiger partial charge >= 0.3 is 0 Å². The predicted octanol–water partition coefficient (Wildman–Crippen LogP) is 3.27. The molecular weight excluding hydrogens is 322 g/mol. The molecule has 4 nitrogen and oxygen atoms in total. The highest BCUT2D eigenvalue weighted by atomic mass is 35.5.